The quantitative estimate of drug-likeness (QED) is 0.438. The first-order valence-corrected chi connectivity index (χ1v) is 11.8. The molecule has 35 heavy (non-hydrogen) atoms. The van der Waals surface area contributed by atoms with E-state index >= 15 is 0 Å². The number of ether oxygens (including phenoxy) is 1. The van der Waals surface area contributed by atoms with Gasteiger partial charge in [-0.05, 0) is 29.8 Å². The molecular formula is C25H28ClN7O2. The highest BCUT2D eigenvalue weighted by molar-refractivity contribution is 6.32. The summed E-state index contributed by atoms with van der Waals surface area (Å²) in [7, 11) is 5.52. The summed E-state index contributed by atoms with van der Waals surface area (Å²) in [4.78, 5) is 20.5. The van der Waals surface area contributed by atoms with Crippen LogP contribution < -0.4 is 19.4 Å². The molecule has 3 aromatic heterocycles. The van der Waals surface area contributed by atoms with Crippen molar-refractivity contribution in [2.75, 3.05) is 62.1 Å². The monoisotopic (exact) mass is 493 g/mol. The Morgan fingerprint density at radius 1 is 1.06 bits per heavy atom. The Hall–Kier alpha value is -3.56. The standard InChI is InChI=1S/C25H28ClN7O2/c1-30(2)23-4-6-27-25(29-23)32-10-8-31(9-11-32)18-5-7-33-15-21(28-24(33)13-18)19-14-20(26)22(35-3)12-17(19)16-34/h4-7,12-15,34H,8-11,16H2,1-3H3. The molecule has 5 rings (SSSR count). The van der Waals surface area contributed by atoms with Gasteiger partial charge in [-0.15, -0.1) is 0 Å². The first-order chi connectivity index (χ1) is 17.0. The molecule has 0 bridgehead atoms. The molecule has 4 heterocycles. The van der Waals surface area contributed by atoms with E-state index in [0.717, 1.165) is 60.5 Å². The van der Waals surface area contributed by atoms with Gasteiger partial charge in [-0.1, -0.05) is 11.6 Å². The zero-order chi connectivity index (χ0) is 24.5. The number of imidazole rings is 1. The number of hydrogen-bond acceptors (Lipinski definition) is 8. The van der Waals surface area contributed by atoms with Crippen LogP contribution in [0.1, 0.15) is 5.56 Å². The number of pyridine rings is 1. The van der Waals surface area contributed by atoms with Crippen molar-refractivity contribution in [2.45, 2.75) is 6.61 Å². The summed E-state index contributed by atoms with van der Waals surface area (Å²) in [6.07, 6.45) is 5.77. The number of piperazine rings is 1. The number of halogens is 1. The summed E-state index contributed by atoms with van der Waals surface area (Å²) in [5.41, 5.74) is 4.20. The lowest BCUT2D eigenvalue weighted by molar-refractivity contribution is 0.281. The van der Waals surface area contributed by atoms with Gasteiger partial charge in [0, 0.05) is 76.2 Å². The van der Waals surface area contributed by atoms with Crippen LogP contribution in [0.2, 0.25) is 5.02 Å². The third-order valence-electron chi connectivity index (χ3n) is 6.28. The minimum absolute atomic E-state index is 0.132. The van der Waals surface area contributed by atoms with Crippen molar-refractivity contribution < 1.29 is 9.84 Å². The van der Waals surface area contributed by atoms with E-state index in [2.05, 4.69) is 31.9 Å². The van der Waals surface area contributed by atoms with Crippen LogP contribution >= 0.6 is 11.6 Å². The third kappa shape index (κ3) is 4.56. The second kappa shape index (κ2) is 9.59. The molecule has 0 spiro atoms. The minimum Gasteiger partial charge on any atom is -0.495 e. The summed E-state index contributed by atoms with van der Waals surface area (Å²) in [5.74, 6) is 2.20. The second-order valence-corrected chi connectivity index (χ2v) is 9.07. The summed E-state index contributed by atoms with van der Waals surface area (Å²) < 4.78 is 7.27. The van der Waals surface area contributed by atoms with E-state index in [4.69, 9.17) is 21.3 Å². The molecule has 10 heteroatoms. The first kappa shape index (κ1) is 23.2. The van der Waals surface area contributed by atoms with Crippen molar-refractivity contribution in [3.63, 3.8) is 0 Å². The van der Waals surface area contributed by atoms with Crippen LogP contribution in [-0.4, -0.2) is 71.8 Å². The Morgan fingerprint density at radius 3 is 2.54 bits per heavy atom. The van der Waals surface area contributed by atoms with Gasteiger partial charge in [-0.3, -0.25) is 0 Å². The van der Waals surface area contributed by atoms with Crippen LogP contribution in [0.15, 0.2) is 48.9 Å². The predicted molar refractivity (Wildman–Crippen MR) is 139 cm³/mol. The highest BCUT2D eigenvalue weighted by Crippen LogP contribution is 2.34. The Balaban J connectivity index is 1.35. The van der Waals surface area contributed by atoms with Gasteiger partial charge in [0.25, 0.3) is 0 Å². The van der Waals surface area contributed by atoms with Gasteiger partial charge in [0.05, 0.1) is 24.4 Å². The fourth-order valence-corrected chi connectivity index (χ4v) is 4.56. The lowest BCUT2D eigenvalue weighted by Crippen LogP contribution is -2.47. The maximum atomic E-state index is 9.87. The van der Waals surface area contributed by atoms with Gasteiger partial charge < -0.3 is 28.9 Å². The maximum absolute atomic E-state index is 9.87. The largest absolute Gasteiger partial charge is 0.495 e. The average molecular weight is 494 g/mol. The van der Waals surface area contributed by atoms with E-state index in [1.165, 1.54) is 0 Å². The van der Waals surface area contributed by atoms with Gasteiger partial charge in [0.1, 0.15) is 17.2 Å². The molecule has 0 atom stereocenters. The van der Waals surface area contributed by atoms with Crippen LogP contribution in [0.4, 0.5) is 17.5 Å². The number of hydrogen-bond donors (Lipinski definition) is 1. The summed E-state index contributed by atoms with van der Waals surface area (Å²) in [5, 5.41) is 10.4. The molecule has 1 aromatic carbocycles. The molecule has 182 valence electrons. The molecule has 1 fully saturated rings. The fraction of sp³-hybridized carbons (Fsp3) is 0.320. The van der Waals surface area contributed by atoms with E-state index in [1.807, 2.05) is 48.1 Å². The van der Waals surface area contributed by atoms with Crippen LogP contribution in [0.5, 0.6) is 5.75 Å². The predicted octanol–water partition coefficient (Wildman–Crippen LogP) is 3.34. The number of anilines is 3. The lowest BCUT2D eigenvalue weighted by atomic mass is 10.1. The van der Waals surface area contributed by atoms with E-state index in [-0.39, 0.29) is 6.61 Å². The molecule has 0 amide bonds. The molecule has 9 nitrogen and oxygen atoms in total. The Kier molecular flexibility index (Phi) is 6.36. The van der Waals surface area contributed by atoms with E-state index in [9.17, 15) is 5.11 Å². The summed E-state index contributed by atoms with van der Waals surface area (Å²) in [6, 6.07) is 9.65. The topological polar surface area (TPSA) is 82.3 Å². The highest BCUT2D eigenvalue weighted by atomic mass is 35.5. The number of aliphatic hydroxyl groups is 1. The molecule has 0 unspecified atom stereocenters. The van der Waals surface area contributed by atoms with Crippen LogP contribution in [0.3, 0.4) is 0 Å². The minimum atomic E-state index is -0.132. The molecule has 0 saturated carbocycles. The molecular weight excluding hydrogens is 466 g/mol. The molecule has 1 aliphatic rings. The first-order valence-electron chi connectivity index (χ1n) is 11.4. The summed E-state index contributed by atoms with van der Waals surface area (Å²) in [6.45, 7) is 3.27. The van der Waals surface area contributed by atoms with Crippen molar-refractivity contribution in [2.24, 2.45) is 0 Å². The Labute approximate surface area is 209 Å². The van der Waals surface area contributed by atoms with Gasteiger partial charge in [-0.2, -0.15) is 4.98 Å². The van der Waals surface area contributed by atoms with E-state index < -0.39 is 0 Å². The van der Waals surface area contributed by atoms with Crippen molar-refractivity contribution in [1.82, 2.24) is 19.4 Å². The number of aromatic nitrogens is 4. The normalized spacial score (nSPS) is 14.0. The van der Waals surface area contributed by atoms with E-state index in [1.54, 1.807) is 19.2 Å². The molecule has 1 aliphatic heterocycles. The fourth-order valence-electron chi connectivity index (χ4n) is 4.32. The van der Waals surface area contributed by atoms with E-state index in [0.29, 0.717) is 16.3 Å². The van der Waals surface area contributed by atoms with Crippen LogP contribution in [0.25, 0.3) is 16.9 Å². The van der Waals surface area contributed by atoms with Crippen molar-refractivity contribution in [1.29, 1.82) is 0 Å². The van der Waals surface area contributed by atoms with Crippen LogP contribution in [-0.2, 0) is 6.61 Å². The number of fused-ring (bicyclic) bond motifs is 1. The van der Waals surface area contributed by atoms with Crippen molar-refractivity contribution >= 4 is 34.7 Å². The number of benzene rings is 1. The van der Waals surface area contributed by atoms with Gasteiger partial charge in [0.15, 0.2) is 0 Å². The second-order valence-electron chi connectivity index (χ2n) is 8.66. The van der Waals surface area contributed by atoms with Crippen LogP contribution in [0, 0.1) is 0 Å². The Bertz CT molecular complexity index is 1350. The van der Waals surface area contributed by atoms with Gasteiger partial charge in [0.2, 0.25) is 5.95 Å². The van der Waals surface area contributed by atoms with Crippen molar-refractivity contribution in [3.05, 3.63) is 59.5 Å². The number of methoxy groups -OCH3 is 1. The number of aliphatic hydroxyl groups excluding tert-OH is 1. The smallest absolute Gasteiger partial charge is 0.227 e. The lowest BCUT2D eigenvalue weighted by Gasteiger charge is -2.36. The SMILES string of the molecule is COc1cc(CO)c(-c2cn3ccc(N4CCN(c5nccc(N(C)C)n5)CC4)cc3n2)cc1Cl. The molecule has 0 aliphatic carbocycles. The Morgan fingerprint density at radius 2 is 1.83 bits per heavy atom. The average Bonchev–Trinajstić information content (AvgIpc) is 3.32. The number of nitrogens with zero attached hydrogens (tertiary/aromatic N) is 7. The zero-order valence-corrected chi connectivity index (χ0v) is 20.8. The summed E-state index contributed by atoms with van der Waals surface area (Å²) >= 11 is 6.35. The van der Waals surface area contributed by atoms with Crippen molar-refractivity contribution in [3.8, 4) is 17.0 Å². The maximum Gasteiger partial charge on any atom is 0.227 e. The zero-order valence-electron chi connectivity index (χ0n) is 20.0. The van der Waals surface area contributed by atoms with Gasteiger partial charge in [-0.25, -0.2) is 9.97 Å². The highest BCUT2D eigenvalue weighted by Gasteiger charge is 2.21. The van der Waals surface area contributed by atoms with Gasteiger partial charge >= 0.3 is 0 Å². The molecule has 4 aromatic rings. The number of rotatable bonds is 6. The molecule has 1 N–H and O–H groups in total. The molecule has 0 radical (unpaired) electrons. The third-order valence-corrected chi connectivity index (χ3v) is 6.58. The molecule has 1 saturated heterocycles.